The summed E-state index contributed by atoms with van der Waals surface area (Å²) in [7, 11) is 0. The van der Waals surface area contributed by atoms with Gasteiger partial charge in [0, 0.05) is 22.4 Å². The number of ether oxygens (including phenoxy) is 1. The first-order valence-electron chi connectivity index (χ1n) is 9.76. The number of nitrogens with zero attached hydrogens (tertiary/aromatic N) is 3. The molecule has 4 rings (SSSR count). The van der Waals surface area contributed by atoms with Crippen LogP contribution in [0.1, 0.15) is 16.3 Å². The zero-order valence-electron chi connectivity index (χ0n) is 17.3. The number of hydrogen-bond donors (Lipinski definition) is 1. The van der Waals surface area contributed by atoms with Crippen LogP contribution in [0.15, 0.2) is 63.6 Å². The molecule has 0 radical (unpaired) electrons. The molecule has 2 aromatic heterocycles. The van der Waals surface area contributed by atoms with Crippen molar-refractivity contribution in [3.05, 3.63) is 70.2 Å². The molecule has 0 aliphatic rings. The summed E-state index contributed by atoms with van der Waals surface area (Å²) in [5, 5.41) is 13.8. The fourth-order valence-electron chi connectivity index (χ4n) is 2.78. The average Bonchev–Trinajstić information content (AvgIpc) is 3.43. The van der Waals surface area contributed by atoms with Gasteiger partial charge in [0.1, 0.15) is 10.8 Å². The first kappa shape index (κ1) is 22.9. The lowest BCUT2D eigenvalue weighted by atomic mass is 10.2. The molecule has 1 amide bonds. The highest BCUT2D eigenvalue weighted by Gasteiger charge is 2.13. The maximum atomic E-state index is 12.2. The van der Waals surface area contributed by atoms with Gasteiger partial charge in [-0.2, -0.15) is 8.78 Å². The van der Waals surface area contributed by atoms with Crippen LogP contribution in [0.2, 0.25) is 0 Å². The Balaban J connectivity index is 1.28. The van der Waals surface area contributed by atoms with Crippen molar-refractivity contribution in [2.75, 3.05) is 5.32 Å². The second-order valence-electron chi connectivity index (χ2n) is 6.89. The fourth-order valence-corrected chi connectivity index (χ4v) is 4.33. The quantitative estimate of drug-likeness (QED) is 0.308. The van der Waals surface area contributed by atoms with Crippen LogP contribution in [0.3, 0.4) is 0 Å². The first-order chi connectivity index (χ1) is 15.9. The number of carbonyl (C=O) groups is 1. The van der Waals surface area contributed by atoms with E-state index >= 15 is 0 Å². The number of alkyl halides is 2. The summed E-state index contributed by atoms with van der Waals surface area (Å²) >= 11 is 2.73. The van der Waals surface area contributed by atoms with Gasteiger partial charge in [0.25, 0.3) is 5.22 Å². The van der Waals surface area contributed by atoms with E-state index in [0.29, 0.717) is 21.5 Å². The molecule has 0 saturated heterocycles. The van der Waals surface area contributed by atoms with E-state index in [9.17, 15) is 13.6 Å². The van der Waals surface area contributed by atoms with Crippen molar-refractivity contribution in [3.63, 3.8) is 0 Å². The summed E-state index contributed by atoms with van der Waals surface area (Å²) in [6.07, 6.45) is 0.194. The highest BCUT2D eigenvalue weighted by Crippen LogP contribution is 2.27. The third-order valence-corrected chi connectivity index (χ3v) is 6.07. The number of thiazole rings is 1. The van der Waals surface area contributed by atoms with E-state index in [1.54, 1.807) is 12.1 Å². The minimum absolute atomic E-state index is 0.0507. The number of benzene rings is 2. The summed E-state index contributed by atoms with van der Waals surface area (Å²) in [6.45, 7) is -0.891. The molecular weight excluding hydrogens is 470 g/mol. The molecule has 2 aromatic carbocycles. The van der Waals surface area contributed by atoms with Gasteiger partial charge >= 0.3 is 6.61 Å². The minimum Gasteiger partial charge on any atom is -0.435 e. The van der Waals surface area contributed by atoms with Crippen LogP contribution in [0.4, 0.5) is 14.5 Å². The van der Waals surface area contributed by atoms with Gasteiger partial charge in [-0.05, 0) is 43.3 Å². The van der Waals surface area contributed by atoms with E-state index in [0.717, 1.165) is 16.9 Å². The molecule has 0 spiro atoms. The molecular formula is C22H18F2N4O3S2. The van der Waals surface area contributed by atoms with E-state index in [1.165, 1.54) is 35.2 Å². The van der Waals surface area contributed by atoms with Crippen LogP contribution >= 0.6 is 23.1 Å². The number of halogens is 2. The molecule has 0 saturated carbocycles. The van der Waals surface area contributed by atoms with Crippen molar-refractivity contribution < 1.29 is 22.7 Å². The molecule has 0 fully saturated rings. The van der Waals surface area contributed by atoms with Crippen LogP contribution in [-0.4, -0.2) is 27.7 Å². The largest absolute Gasteiger partial charge is 0.435 e. The lowest BCUT2D eigenvalue weighted by molar-refractivity contribution is -0.115. The van der Waals surface area contributed by atoms with E-state index in [-0.39, 0.29) is 24.0 Å². The predicted octanol–water partition coefficient (Wildman–Crippen LogP) is 5.58. The number of hydrogen-bond acceptors (Lipinski definition) is 8. The van der Waals surface area contributed by atoms with Crippen LogP contribution in [0.5, 0.6) is 5.75 Å². The Morgan fingerprint density at radius 3 is 2.64 bits per heavy atom. The highest BCUT2D eigenvalue weighted by molar-refractivity contribution is 7.98. The van der Waals surface area contributed by atoms with Gasteiger partial charge in [-0.1, -0.05) is 29.5 Å². The van der Waals surface area contributed by atoms with Crippen molar-refractivity contribution in [2.24, 2.45) is 0 Å². The molecule has 33 heavy (non-hydrogen) atoms. The van der Waals surface area contributed by atoms with E-state index in [4.69, 9.17) is 4.42 Å². The van der Waals surface area contributed by atoms with Gasteiger partial charge in [-0.15, -0.1) is 21.5 Å². The highest BCUT2D eigenvalue weighted by atomic mass is 32.2. The molecule has 0 unspecified atom stereocenters. The average molecular weight is 489 g/mol. The molecule has 11 heteroatoms. The number of aromatic nitrogens is 3. The number of carbonyl (C=O) groups excluding carboxylic acids is 1. The minimum atomic E-state index is -2.88. The molecule has 0 bridgehead atoms. The molecule has 2 heterocycles. The Bertz CT molecular complexity index is 1210. The van der Waals surface area contributed by atoms with E-state index in [1.807, 2.05) is 36.6 Å². The lowest BCUT2D eigenvalue weighted by Gasteiger charge is -2.04. The van der Waals surface area contributed by atoms with Crippen molar-refractivity contribution in [3.8, 4) is 17.2 Å². The Morgan fingerprint density at radius 1 is 1.15 bits per heavy atom. The number of amides is 1. The molecule has 170 valence electrons. The summed E-state index contributed by atoms with van der Waals surface area (Å²) in [4.78, 5) is 16.7. The Hall–Kier alpha value is -3.31. The van der Waals surface area contributed by atoms with Crippen LogP contribution in [-0.2, 0) is 17.0 Å². The van der Waals surface area contributed by atoms with Crippen LogP contribution < -0.4 is 10.1 Å². The number of thioether (sulfide) groups is 1. The van der Waals surface area contributed by atoms with Crippen LogP contribution in [0, 0.1) is 6.92 Å². The zero-order chi connectivity index (χ0) is 23.2. The number of rotatable bonds is 9. The Labute approximate surface area is 196 Å². The number of aryl methyl sites for hydroxylation is 1. The SMILES string of the molecule is Cc1ccc(NC(=O)Cc2nc(CSc3nnc(-c4ccc(OC(F)F)cc4)o3)cs2)cc1. The topological polar surface area (TPSA) is 90.1 Å². The molecule has 1 N–H and O–H groups in total. The van der Waals surface area contributed by atoms with Gasteiger partial charge < -0.3 is 14.5 Å². The maximum Gasteiger partial charge on any atom is 0.387 e. The Kier molecular flexibility index (Phi) is 7.30. The van der Waals surface area contributed by atoms with Gasteiger partial charge in [-0.3, -0.25) is 4.79 Å². The number of anilines is 1. The van der Waals surface area contributed by atoms with Gasteiger partial charge in [0.15, 0.2) is 0 Å². The second-order valence-corrected chi connectivity index (χ2v) is 8.76. The van der Waals surface area contributed by atoms with Crippen molar-refractivity contribution >= 4 is 34.7 Å². The summed E-state index contributed by atoms with van der Waals surface area (Å²) in [6, 6.07) is 13.5. The fraction of sp³-hybridized carbons (Fsp3) is 0.182. The predicted molar refractivity (Wildman–Crippen MR) is 122 cm³/mol. The van der Waals surface area contributed by atoms with Crippen molar-refractivity contribution in [1.29, 1.82) is 0 Å². The molecule has 0 aliphatic heterocycles. The van der Waals surface area contributed by atoms with E-state index in [2.05, 4.69) is 25.2 Å². The van der Waals surface area contributed by atoms with Gasteiger partial charge in [0.05, 0.1) is 12.1 Å². The van der Waals surface area contributed by atoms with Crippen molar-refractivity contribution in [1.82, 2.24) is 15.2 Å². The van der Waals surface area contributed by atoms with Gasteiger partial charge in [-0.25, -0.2) is 4.98 Å². The molecule has 7 nitrogen and oxygen atoms in total. The molecule has 0 atom stereocenters. The third-order valence-electron chi connectivity index (χ3n) is 4.32. The first-order valence-corrected chi connectivity index (χ1v) is 11.6. The van der Waals surface area contributed by atoms with Crippen molar-refractivity contribution in [2.45, 2.75) is 30.9 Å². The lowest BCUT2D eigenvalue weighted by Crippen LogP contribution is -2.14. The number of nitrogens with one attached hydrogen (secondary N) is 1. The molecule has 0 aliphatic carbocycles. The third kappa shape index (κ3) is 6.59. The standard InChI is InChI=1S/C22H18F2N4O3S2/c1-13-2-6-15(7-3-13)25-18(29)10-19-26-16(11-32-19)12-33-22-28-27-20(31-22)14-4-8-17(9-5-14)30-21(23)24/h2-9,11,21H,10,12H2,1H3,(H,25,29). The zero-order valence-corrected chi connectivity index (χ0v) is 19.0. The second kappa shape index (κ2) is 10.5. The van der Waals surface area contributed by atoms with Gasteiger partial charge in [0.2, 0.25) is 11.8 Å². The summed E-state index contributed by atoms with van der Waals surface area (Å²) in [5.41, 5.74) is 3.27. The maximum absolute atomic E-state index is 12.2. The summed E-state index contributed by atoms with van der Waals surface area (Å²) < 4.78 is 34.4. The van der Waals surface area contributed by atoms with E-state index < -0.39 is 6.61 Å². The smallest absolute Gasteiger partial charge is 0.387 e. The monoisotopic (exact) mass is 488 g/mol. The molecule has 4 aromatic rings. The van der Waals surface area contributed by atoms with Crippen LogP contribution in [0.25, 0.3) is 11.5 Å². The summed E-state index contributed by atoms with van der Waals surface area (Å²) in [5.74, 6) is 0.695. The normalized spacial score (nSPS) is 11.0. The Morgan fingerprint density at radius 2 is 1.91 bits per heavy atom.